The Morgan fingerprint density at radius 2 is 0.871 bits per heavy atom. The van der Waals surface area contributed by atoms with Gasteiger partial charge in [-0.1, -0.05) is 158 Å². The number of rotatable bonds is 5. The molecule has 0 saturated carbocycles. The molecular weight excluding hydrogens is 759 g/mol. The fourth-order valence-electron chi connectivity index (χ4n) is 9.35. The van der Waals surface area contributed by atoms with Gasteiger partial charge in [-0.25, -0.2) is 15.0 Å². The maximum atomic E-state index is 6.70. The van der Waals surface area contributed by atoms with Gasteiger partial charge in [0.05, 0.1) is 0 Å². The van der Waals surface area contributed by atoms with Crippen LogP contribution in [0.25, 0.3) is 133 Å². The van der Waals surface area contributed by atoms with Crippen LogP contribution in [0.5, 0.6) is 0 Å². The first-order chi connectivity index (χ1) is 30.7. The lowest BCUT2D eigenvalue weighted by atomic mass is 9.90. The van der Waals surface area contributed by atoms with Crippen molar-refractivity contribution in [3.8, 4) is 56.4 Å². The summed E-state index contributed by atoms with van der Waals surface area (Å²) in [5, 5.41) is 11.2. The van der Waals surface area contributed by atoms with Gasteiger partial charge in [-0.05, 0) is 91.5 Å². The molecule has 0 aliphatic rings. The maximum absolute atomic E-state index is 6.70. The van der Waals surface area contributed by atoms with E-state index in [2.05, 4.69) is 158 Å². The molecule has 13 rings (SSSR count). The van der Waals surface area contributed by atoms with Gasteiger partial charge in [-0.3, -0.25) is 0 Å². The van der Waals surface area contributed by atoms with Crippen LogP contribution >= 0.6 is 0 Å². The lowest BCUT2D eigenvalue weighted by Gasteiger charge is -2.15. The van der Waals surface area contributed by atoms with E-state index in [1.54, 1.807) is 0 Å². The van der Waals surface area contributed by atoms with Crippen LogP contribution in [0.1, 0.15) is 0 Å². The average molecular weight is 792 g/mol. The standard InChI is InChI=1S/C57H33N3O2/c1-2-14-36(15-3-1)55-58-56(38-28-27-35-26-25-34-13-4-6-17-41(34)47(35)30-38)60-57(59-55)40-29-37-16-5-7-18-42(37)48(32-40)49-31-39(33-52-53(49)46-20-9-11-24-51(46)61-52)43-21-12-22-45-44-19-8-10-23-50(44)62-54(43)45/h1-33H. The molecule has 5 nitrogen and oxygen atoms in total. The molecule has 13 aromatic rings. The Labute approximate surface area is 355 Å². The fraction of sp³-hybridized carbons (Fsp3) is 0. The van der Waals surface area contributed by atoms with Crippen LogP contribution in [0.15, 0.2) is 209 Å². The van der Waals surface area contributed by atoms with Crippen molar-refractivity contribution in [2.45, 2.75) is 0 Å². The van der Waals surface area contributed by atoms with E-state index in [4.69, 9.17) is 23.8 Å². The molecule has 0 fully saturated rings. The zero-order valence-corrected chi connectivity index (χ0v) is 33.2. The Bertz CT molecular complexity index is 3940. The number of furan rings is 2. The molecular formula is C57H33N3O2. The van der Waals surface area contributed by atoms with Crippen LogP contribution < -0.4 is 0 Å². The van der Waals surface area contributed by atoms with E-state index in [9.17, 15) is 0 Å². The second kappa shape index (κ2) is 13.6. The second-order valence-corrected chi connectivity index (χ2v) is 15.9. The van der Waals surface area contributed by atoms with Crippen molar-refractivity contribution in [2.75, 3.05) is 0 Å². The van der Waals surface area contributed by atoms with E-state index >= 15 is 0 Å². The molecule has 0 N–H and O–H groups in total. The number of hydrogen-bond donors (Lipinski definition) is 0. The predicted molar refractivity (Wildman–Crippen MR) is 254 cm³/mol. The van der Waals surface area contributed by atoms with E-state index in [-0.39, 0.29) is 0 Å². The van der Waals surface area contributed by atoms with E-state index in [1.165, 1.54) is 16.2 Å². The van der Waals surface area contributed by atoms with Gasteiger partial charge in [0, 0.05) is 43.8 Å². The quantitative estimate of drug-likeness (QED) is 0.162. The highest BCUT2D eigenvalue weighted by molar-refractivity contribution is 6.18. The fourth-order valence-corrected chi connectivity index (χ4v) is 9.35. The lowest BCUT2D eigenvalue weighted by molar-refractivity contribution is 0.668. The molecule has 5 heteroatoms. The smallest absolute Gasteiger partial charge is 0.164 e. The number of hydrogen-bond acceptors (Lipinski definition) is 5. The highest BCUT2D eigenvalue weighted by Gasteiger charge is 2.21. The molecule has 0 spiro atoms. The normalized spacial score (nSPS) is 11.9. The van der Waals surface area contributed by atoms with Crippen LogP contribution in [0.4, 0.5) is 0 Å². The lowest BCUT2D eigenvalue weighted by Crippen LogP contribution is -2.00. The van der Waals surface area contributed by atoms with Gasteiger partial charge in [-0.2, -0.15) is 0 Å². The summed E-state index contributed by atoms with van der Waals surface area (Å²) in [6.45, 7) is 0. The molecule has 288 valence electrons. The topological polar surface area (TPSA) is 65.0 Å². The Hall–Kier alpha value is -8.41. The second-order valence-electron chi connectivity index (χ2n) is 15.9. The van der Waals surface area contributed by atoms with Gasteiger partial charge in [0.15, 0.2) is 17.5 Å². The summed E-state index contributed by atoms with van der Waals surface area (Å²) >= 11 is 0. The largest absolute Gasteiger partial charge is 0.456 e. The minimum absolute atomic E-state index is 0.593. The molecule has 62 heavy (non-hydrogen) atoms. The Balaban J connectivity index is 1.07. The monoisotopic (exact) mass is 791 g/mol. The molecule has 0 radical (unpaired) electrons. The van der Waals surface area contributed by atoms with Crippen molar-refractivity contribution in [1.29, 1.82) is 0 Å². The van der Waals surface area contributed by atoms with E-state index < -0.39 is 0 Å². The third-order valence-corrected chi connectivity index (χ3v) is 12.3. The zero-order chi connectivity index (χ0) is 40.7. The number of fused-ring (bicyclic) bond motifs is 10. The maximum Gasteiger partial charge on any atom is 0.164 e. The van der Waals surface area contributed by atoms with Crippen LogP contribution in [0, 0.1) is 0 Å². The summed E-state index contributed by atoms with van der Waals surface area (Å²) in [5.41, 5.74) is 10.2. The van der Waals surface area contributed by atoms with Gasteiger partial charge in [0.2, 0.25) is 0 Å². The van der Waals surface area contributed by atoms with Crippen molar-refractivity contribution in [3.05, 3.63) is 200 Å². The molecule has 0 saturated heterocycles. The number of para-hydroxylation sites is 3. The molecule has 0 amide bonds. The third kappa shape index (κ3) is 5.45. The van der Waals surface area contributed by atoms with Crippen molar-refractivity contribution in [1.82, 2.24) is 15.0 Å². The third-order valence-electron chi connectivity index (χ3n) is 12.3. The molecule has 0 atom stereocenters. The Morgan fingerprint density at radius 1 is 0.274 bits per heavy atom. The molecule has 3 aromatic heterocycles. The van der Waals surface area contributed by atoms with Crippen molar-refractivity contribution >= 4 is 76.2 Å². The zero-order valence-electron chi connectivity index (χ0n) is 33.2. The molecule has 0 bridgehead atoms. The molecule has 0 unspecified atom stereocenters. The van der Waals surface area contributed by atoms with Gasteiger partial charge >= 0.3 is 0 Å². The summed E-state index contributed by atoms with van der Waals surface area (Å²) in [5.74, 6) is 1.82. The van der Waals surface area contributed by atoms with E-state index in [0.717, 1.165) is 99.0 Å². The number of aromatic nitrogens is 3. The number of nitrogens with zero attached hydrogens (tertiary/aromatic N) is 3. The van der Waals surface area contributed by atoms with Crippen molar-refractivity contribution in [2.24, 2.45) is 0 Å². The number of benzene rings is 10. The van der Waals surface area contributed by atoms with Crippen LogP contribution in [0.3, 0.4) is 0 Å². The van der Waals surface area contributed by atoms with E-state index in [0.29, 0.717) is 17.5 Å². The van der Waals surface area contributed by atoms with Crippen LogP contribution in [-0.2, 0) is 0 Å². The van der Waals surface area contributed by atoms with Crippen LogP contribution in [0.2, 0.25) is 0 Å². The first-order valence-corrected chi connectivity index (χ1v) is 20.8. The molecule has 3 heterocycles. The Morgan fingerprint density at radius 3 is 1.69 bits per heavy atom. The van der Waals surface area contributed by atoms with E-state index in [1.807, 2.05) is 42.5 Å². The predicted octanol–water partition coefficient (Wildman–Crippen LogP) is 15.5. The highest BCUT2D eigenvalue weighted by Crippen LogP contribution is 2.45. The van der Waals surface area contributed by atoms with Gasteiger partial charge < -0.3 is 8.83 Å². The molecule has 0 aliphatic heterocycles. The summed E-state index contributed by atoms with van der Waals surface area (Å²) in [6, 6.07) is 69.9. The molecule has 10 aromatic carbocycles. The summed E-state index contributed by atoms with van der Waals surface area (Å²) in [7, 11) is 0. The minimum Gasteiger partial charge on any atom is -0.456 e. The molecule has 0 aliphatic carbocycles. The minimum atomic E-state index is 0.593. The first kappa shape index (κ1) is 34.5. The van der Waals surface area contributed by atoms with Crippen LogP contribution in [-0.4, -0.2) is 15.0 Å². The Kier molecular flexibility index (Phi) is 7.54. The van der Waals surface area contributed by atoms with Gasteiger partial charge in [0.25, 0.3) is 0 Å². The SMILES string of the molecule is c1ccc(-c2nc(-c3cc(-c4cc(-c5cccc6c5oc5ccccc56)cc5oc6ccccc6c45)c4ccccc4c3)nc(-c3ccc4ccc5ccccc5c4c3)n2)cc1. The van der Waals surface area contributed by atoms with Gasteiger partial charge in [0.1, 0.15) is 22.3 Å². The van der Waals surface area contributed by atoms with Crippen molar-refractivity contribution in [3.63, 3.8) is 0 Å². The summed E-state index contributed by atoms with van der Waals surface area (Å²) < 4.78 is 13.3. The van der Waals surface area contributed by atoms with Crippen molar-refractivity contribution < 1.29 is 8.83 Å². The summed E-state index contributed by atoms with van der Waals surface area (Å²) in [4.78, 5) is 15.7. The summed E-state index contributed by atoms with van der Waals surface area (Å²) in [6.07, 6.45) is 0. The first-order valence-electron chi connectivity index (χ1n) is 20.8. The highest BCUT2D eigenvalue weighted by atomic mass is 16.3. The van der Waals surface area contributed by atoms with Gasteiger partial charge in [-0.15, -0.1) is 0 Å². The average Bonchev–Trinajstić information content (AvgIpc) is 3.92.